The van der Waals surface area contributed by atoms with Crippen molar-refractivity contribution in [2.75, 3.05) is 18.2 Å². The number of amides is 1. The zero-order valence-corrected chi connectivity index (χ0v) is 17.7. The zero-order valence-electron chi connectivity index (χ0n) is 16.9. The number of rotatable bonds is 7. The van der Waals surface area contributed by atoms with Gasteiger partial charge in [-0.15, -0.1) is 10.2 Å². The largest absolute Gasteiger partial charge is 0.494 e. The van der Waals surface area contributed by atoms with E-state index in [0.29, 0.717) is 17.6 Å². The minimum absolute atomic E-state index is 0.0349. The maximum atomic E-state index is 12.5. The molecule has 0 saturated heterocycles. The number of nitrogens with one attached hydrogen (secondary N) is 1. The minimum Gasteiger partial charge on any atom is -0.494 e. The number of thioether (sulfide) groups is 1. The molecule has 0 spiro atoms. The van der Waals surface area contributed by atoms with Gasteiger partial charge < -0.3 is 15.9 Å². The standard InChI is InChI=1S/C22H25N5O2S/c1-2-29-17-12-10-16(11-13-17)21-25-26-22(27(21)23)30-14-20(28)24-19-9-5-7-15-6-3-4-8-18(15)19/h3-4,6,8,10-13,19H,2,5,7,9,14,23H2,1H3,(H,24,28)/t19-/m1/s1. The molecule has 2 aromatic carbocycles. The first kappa shape index (κ1) is 20.3. The zero-order chi connectivity index (χ0) is 20.9. The first-order valence-corrected chi connectivity index (χ1v) is 11.1. The Morgan fingerprint density at radius 3 is 2.83 bits per heavy atom. The fourth-order valence-corrected chi connectivity index (χ4v) is 4.38. The van der Waals surface area contributed by atoms with Crippen LogP contribution in [0.15, 0.2) is 53.7 Å². The summed E-state index contributed by atoms with van der Waals surface area (Å²) in [6.45, 7) is 2.55. The monoisotopic (exact) mass is 423 g/mol. The number of fused-ring (bicyclic) bond motifs is 1. The summed E-state index contributed by atoms with van der Waals surface area (Å²) >= 11 is 1.28. The van der Waals surface area contributed by atoms with Gasteiger partial charge in [0, 0.05) is 5.56 Å². The van der Waals surface area contributed by atoms with Gasteiger partial charge in [0.05, 0.1) is 18.4 Å². The molecule has 0 fully saturated rings. The van der Waals surface area contributed by atoms with E-state index in [9.17, 15) is 4.79 Å². The molecular weight excluding hydrogens is 398 g/mol. The van der Waals surface area contributed by atoms with Crippen molar-refractivity contribution in [2.24, 2.45) is 0 Å². The number of nitrogen functional groups attached to an aromatic ring is 1. The Labute approximate surface area is 180 Å². The number of nitrogens with zero attached hydrogens (tertiary/aromatic N) is 3. The van der Waals surface area contributed by atoms with Crippen LogP contribution in [0.4, 0.5) is 0 Å². The van der Waals surface area contributed by atoms with Crippen LogP contribution in [0.5, 0.6) is 5.75 Å². The van der Waals surface area contributed by atoms with Crippen LogP contribution in [-0.2, 0) is 11.2 Å². The van der Waals surface area contributed by atoms with Crippen molar-refractivity contribution in [3.8, 4) is 17.1 Å². The Balaban J connectivity index is 1.37. The summed E-state index contributed by atoms with van der Waals surface area (Å²) in [5.41, 5.74) is 3.38. The summed E-state index contributed by atoms with van der Waals surface area (Å²) in [5.74, 6) is 7.71. The second-order valence-corrected chi connectivity index (χ2v) is 8.08. The molecule has 1 amide bonds. The normalized spacial score (nSPS) is 15.4. The number of benzene rings is 2. The number of hydrogen-bond acceptors (Lipinski definition) is 6. The predicted octanol–water partition coefficient (Wildman–Crippen LogP) is 3.34. The molecule has 0 aliphatic heterocycles. The molecule has 8 heteroatoms. The van der Waals surface area contributed by atoms with E-state index in [-0.39, 0.29) is 17.7 Å². The molecule has 3 N–H and O–H groups in total. The molecule has 1 atom stereocenters. The molecule has 1 aliphatic carbocycles. The third-order valence-electron chi connectivity index (χ3n) is 5.13. The van der Waals surface area contributed by atoms with Crippen molar-refractivity contribution < 1.29 is 9.53 Å². The third-order valence-corrected chi connectivity index (χ3v) is 6.07. The molecule has 0 radical (unpaired) electrons. The fourth-order valence-electron chi connectivity index (χ4n) is 3.71. The van der Waals surface area contributed by atoms with Crippen LogP contribution in [0.25, 0.3) is 11.4 Å². The van der Waals surface area contributed by atoms with Crippen LogP contribution in [0.3, 0.4) is 0 Å². The summed E-state index contributed by atoms with van der Waals surface area (Å²) in [5, 5.41) is 12.0. The highest BCUT2D eigenvalue weighted by Gasteiger charge is 2.22. The SMILES string of the molecule is CCOc1ccc(-c2nnc(SCC(=O)N[C@@H]3CCCc4ccccc43)n2N)cc1. The van der Waals surface area contributed by atoms with E-state index in [0.717, 1.165) is 30.6 Å². The highest BCUT2D eigenvalue weighted by molar-refractivity contribution is 7.99. The highest BCUT2D eigenvalue weighted by atomic mass is 32.2. The van der Waals surface area contributed by atoms with E-state index in [2.05, 4.69) is 33.7 Å². The van der Waals surface area contributed by atoms with Gasteiger partial charge in [0.15, 0.2) is 5.82 Å². The van der Waals surface area contributed by atoms with E-state index in [1.54, 1.807) is 0 Å². The summed E-state index contributed by atoms with van der Waals surface area (Å²) < 4.78 is 6.88. The second-order valence-electron chi connectivity index (χ2n) is 7.13. The fraction of sp³-hybridized carbons (Fsp3) is 0.318. The van der Waals surface area contributed by atoms with Crippen molar-refractivity contribution in [3.05, 3.63) is 59.7 Å². The molecule has 1 heterocycles. The van der Waals surface area contributed by atoms with E-state index >= 15 is 0 Å². The van der Waals surface area contributed by atoms with E-state index in [4.69, 9.17) is 10.6 Å². The minimum atomic E-state index is -0.0349. The van der Waals surface area contributed by atoms with Gasteiger partial charge in [-0.25, -0.2) is 4.68 Å². The molecule has 156 valence electrons. The second kappa shape index (κ2) is 9.21. The summed E-state index contributed by atoms with van der Waals surface area (Å²) in [6.07, 6.45) is 3.11. The van der Waals surface area contributed by atoms with Crippen LogP contribution < -0.4 is 15.9 Å². The quantitative estimate of drug-likeness (QED) is 0.447. The molecule has 1 aromatic heterocycles. The number of ether oxygens (including phenoxy) is 1. The number of nitrogens with two attached hydrogens (primary N) is 1. The summed E-state index contributed by atoms with van der Waals surface area (Å²) in [7, 11) is 0. The molecule has 0 saturated carbocycles. The molecular formula is C22H25N5O2S. The lowest BCUT2D eigenvalue weighted by molar-refractivity contribution is -0.119. The Hall–Kier alpha value is -3.00. The van der Waals surface area contributed by atoms with Gasteiger partial charge in [0.2, 0.25) is 11.1 Å². The van der Waals surface area contributed by atoms with Crippen molar-refractivity contribution in [2.45, 2.75) is 37.4 Å². The van der Waals surface area contributed by atoms with E-state index in [1.807, 2.05) is 37.3 Å². The average molecular weight is 424 g/mol. The average Bonchev–Trinajstić information content (AvgIpc) is 3.14. The number of aromatic nitrogens is 3. The van der Waals surface area contributed by atoms with Crippen molar-refractivity contribution in [1.82, 2.24) is 20.2 Å². The molecule has 0 unspecified atom stereocenters. The lowest BCUT2D eigenvalue weighted by atomic mass is 9.88. The highest BCUT2D eigenvalue weighted by Crippen LogP contribution is 2.30. The van der Waals surface area contributed by atoms with Crippen LogP contribution >= 0.6 is 11.8 Å². The van der Waals surface area contributed by atoms with Gasteiger partial charge in [0.25, 0.3) is 0 Å². The Bertz CT molecular complexity index is 1020. The number of aryl methyl sites for hydroxylation is 1. The molecule has 3 aromatic rings. The van der Waals surface area contributed by atoms with Crippen LogP contribution in [-0.4, -0.2) is 33.1 Å². The maximum Gasteiger partial charge on any atom is 0.230 e. The molecule has 4 rings (SSSR count). The summed E-state index contributed by atoms with van der Waals surface area (Å²) in [6, 6.07) is 15.9. The van der Waals surface area contributed by atoms with E-state index in [1.165, 1.54) is 27.6 Å². The van der Waals surface area contributed by atoms with Gasteiger partial charge in [-0.1, -0.05) is 36.0 Å². The first-order chi connectivity index (χ1) is 14.7. The van der Waals surface area contributed by atoms with Gasteiger partial charge in [0.1, 0.15) is 5.75 Å². The van der Waals surface area contributed by atoms with Gasteiger partial charge in [-0.2, -0.15) is 0 Å². The first-order valence-electron chi connectivity index (χ1n) is 10.1. The maximum absolute atomic E-state index is 12.5. The van der Waals surface area contributed by atoms with Gasteiger partial charge in [-0.05, 0) is 61.6 Å². The van der Waals surface area contributed by atoms with Crippen molar-refractivity contribution in [3.63, 3.8) is 0 Å². The number of hydrogen-bond donors (Lipinski definition) is 2. The Morgan fingerprint density at radius 1 is 1.23 bits per heavy atom. The Morgan fingerprint density at radius 2 is 2.03 bits per heavy atom. The lowest BCUT2D eigenvalue weighted by Crippen LogP contribution is -2.32. The van der Waals surface area contributed by atoms with Crippen LogP contribution in [0.2, 0.25) is 0 Å². The Kier molecular flexibility index (Phi) is 6.23. The number of carbonyl (C=O) groups is 1. The molecule has 30 heavy (non-hydrogen) atoms. The van der Waals surface area contributed by atoms with E-state index < -0.39 is 0 Å². The van der Waals surface area contributed by atoms with Crippen molar-refractivity contribution >= 4 is 17.7 Å². The number of carbonyl (C=O) groups excluding carboxylic acids is 1. The molecule has 7 nitrogen and oxygen atoms in total. The predicted molar refractivity (Wildman–Crippen MR) is 118 cm³/mol. The third kappa shape index (κ3) is 4.43. The van der Waals surface area contributed by atoms with Gasteiger partial charge >= 0.3 is 0 Å². The molecule has 1 aliphatic rings. The lowest BCUT2D eigenvalue weighted by Gasteiger charge is -2.26. The molecule has 0 bridgehead atoms. The van der Waals surface area contributed by atoms with Gasteiger partial charge in [-0.3, -0.25) is 4.79 Å². The van der Waals surface area contributed by atoms with Crippen LogP contribution in [0, 0.1) is 0 Å². The smallest absolute Gasteiger partial charge is 0.230 e. The topological polar surface area (TPSA) is 95.1 Å². The van der Waals surface area contributed by atoms with Crippen molar-refractivity contribution in [1.29, 1.82) is 0 Å². The summed E-state index contributed by atoms with van der Waals surface area (Å²) in [4.78, 5) is 12.5. The van der Waals surface area contributed by atoms with Crippen LogP contribution in [0.1, 0.15) is 36.9 Å².